The van der Waals surface area contributed by atoms with E-state index in [1.165, 1.54) is 17.3 Å². The lowest BCUT2D eigenvalue weighted by atomic mass is 10.1. The van der Waals surface area contributed by atoms with E-state index in [1.54, 1.807) is 6.20 Å². The van der Waals surface area contributed by atoms with Gasteiger partial charge in [0.2, 0.25) is 5.91 Å². The third kappa shape index (κ3) is 4.57. The van der Waals surface area contributed by atoms with Crippen molar-refractivity contribution >= 4 is 23.4 Å². The number of para-hydroxylation sites is 1. The van der Waals surface area contributed by atoms with E-state index in [9.17, 15) is 4.79 Å². The molecule has 0 saturated heterocycles. The van der Waals surface area contributed by atoms with Gasteiger partial charge in [0.25, 0.3) is 0 Å². The minimum absolute atomic E-state index is 0.0844. The predicted octanol–water partition coefficient (Wildman–Crippen LogP) is 5.37. The lowest BCUT2D eigenvalue weighted by Crippen LogP contribution is -2.23. The van der Waals surface area contributed by atoms with Crippen molar-refractivity contribution in [2.45, 2.75) is 38.1 Å². The number of hydrogen-bond donors (Lipinski definition) is 1. The first-order valence-electron chi connectivity index (χ1n) is 10.4. The van der Waals surface area contributed by atoms with Gasteiger partial charge in [-0.05, 0) is 63.1 Å². The van der Waals surface area contributed by atoms with Crippen molar-refractivity contribution in [2.24, 2.45) is 0 Å². The van der Waals surface area contributed by atoms with E-state index in [4.69, 9.17) is 0 Å². The van der Waals surface area contributed by atoms with Gasteiger partial charge in [-0.25, -0.2) is 0 Å². The van der Waals surface area contributed by atoms with E-state index in [1.807, 2.05) is 60.9 Å². The van der Waals surface area contributed by atoms with Gasteiger partial charge < -0.3 is 5.32 Å². The zero-order chi connectivity index (χ0) is 22.7. The number of hydrogen-bond acceptors (Lipinski definition) is 5. The van der Waals surface area contributed by atoms with E-state index in [2.05, 4.69) is 52.5 Å². The average Bonchev–Trinajstić information content (AvgIpc) is 3.19. The quantitative estimate of drug-likeness (QED) is 0.405. The number of nitrogens with one attached hydrogen (secondary N) is 1. The summed E-state index contributed by atoms with van der Waals surface area (Å²) in [6.07, 6.45) is 1.74. The first-order chi connectivity index (χ1) is 15.4. The fraction of sp³-hybridized carbons (Fsp3) is 0.200. The smallest absolute Gasteiger partial charge is 0.237 e. The molecule has 32 heavy (non-hydrogen) atoms. The normalized spacial score (nSPS) is 11.9. The van der Waals surface area contributed by atoms with Gasteiger partial charge in [0, 0.05) is 11.9 Å². The number of benzene rings is 2. The molecule has 2 aromatic heterocycles. The van der Waals surface area contributed by atoms with E-state index in [0.717, 1.165) is 28.2 Å². The monoisotopic (exact) mass is 443 g/mol. The molecule has 0 spiro atoms. The Morgan fingerprint density at radius 1 is 0.969 bits per heavy atom. The Bertz CT molecular complexity index is 1250. The number of aryl methyl sites for hydroxylation is 3. The highest BCUT2D eigenvalue weighted by Gasteiger charge is 2.23. The van der Waals surface area contributed by atoms with Crippen LogP contribution in [0.2, 0.25) is 0 Å². The summed E-state index contributed by atoms with van der Waals surface area (Å²) in [5.41, 5.74) is 5.81. The molecule has 0 fully saturated rings. The Hall–Kier alpha value is -3.45. The molecule has 1 amide bonds. The number of carbonyl (C=O) groups is 1. The maximum absolute atomic E-state index is 12.9. The van der Waals surface area contributed by atoms with Crippen molar-refractivity contribution in [1.29, 1.82) is 0 Å². The molecule has 4 rings (SSSR count). The summed E-state index contributed by atoms with van der Waals surface area (Å²) in [6, 6.07) is 19.7. The summed E-state index contributed by atoms with van der Waals surface area (Å²) in [4.78, 5) is 17.4. The Kier molecular flexibility index (Phi) is 6.37. The van der Waals surface area contributed by atoms with Gasteiger partial charge in [-0.3, -0.25) is 14.3 Å². The lowest BCUT2D eigenvalue weighted by molar-refractivity contribution is -0.115. The topological polar surface area (TPSA) is 72.7 Å². The molecule has 0 bridgehead atoms. The highest BCUT2D eigenvalue weighted by molar-refractivity contribution is 8.00. The summed E-state index contributed by atoms with van der Waals surface area (Å²) in [6.45, 7) is 7.98. The minimum atomic E-state index is -0.375. The summed E-state index contributed by atoms with van der Waals surface area (Å²) >= 11 is 1.38. The number of pyridine rings is 1. The van der Waals surface area contributed by atoms with Gasteiger partial charge in [0.15, 0.2) is 11.0 Å². The van der Waals surface area contributed by atoms with Gasteiger partial charge in [0.1, 0.15) is 5.69 Å². The molecule has 0 aliphatic heterocycles. The number of carbonyl (C=O) groups excluding carboxylic acids is 1. The summed E-state index contributed by atoms with van der Waals surface area (Å²) < 4.78 is 1.99. The molecule has 0 radical (unpaired) electrons. The van der Waals surface area contributed by atoms with Crippen LogP contribution < -0.4 is 5.32 Å². The molecule has 0 aliphatic rings. The summed E-state index contributed by atoms with van der Waals surface area (Å²) in [5, 5.41) is 12.2. The van der Waals surface area contributed by atoms with Gasteiger partial charge in [-0.2, -0.15) is 0 Å². The summed E-state index contributed by atoms with van der Waals surface area (Å²) in [7, 11) is 0. The standard InChI is InChI=1S/C25H25N5OS/c1-16-12-13-22(18(3)15-16)30-23(21-11-7-8-14-26-21)28-29-25(30)32-19(4)24(31)27-20-10-6-5-9-17(20)2/h5-15,19H,1-4H3,(H,27,31). The number of thioether (sulfide) groups is 1. The number of nitrogens with zero attached hydrogens (tertiary/aromatic N) is 4. The molecule has 1 unspecified atom stereocenters. The maximum Gasteiger partial charge on any atom is 0.237 e. The molecule has 1 N–H and O–H groups in total. The van der Waals surface area contributed by atoms with Crippen molar-refractivity contribution in [3.8, 4) is 17.2 Å². The predicted molar refractivity (Wildman–Crippen MR) is 129 cm³/mol. The van der Waals surface area contributed by atoms with Gasteiger partial charge in [0.05, 0.1) is 10.9 Å². The fourth-order valence-electron chi connectivity index (χ4n) is 3.44. The molecule has 1 atom stereocenters. The molecule has 2 heterocycles. The Morgan fingerprint density at radius 2 is 1.75 bits per heavy atom. The Labute approximate surface area is 192 Å². The largest absolute Gasteiger partial charge is 0.325 e. The zero-order valence-corrected chi connectivity index (χ0v) is 19.4. The van der Waals surface area contributed by atoms with E-state index < -0.39 is 0 Å². The molecule has 0 aliphatic carbocycles. The van der Waals surface area contributed by atoms with Crippen LogP contribution in [0.3, 0.4) is 0 Å². The van der Waals surface area contributed by atoms with Crippen LogP contribution in [0.15, 0.2) is 72.0 Å². The Balaban J connectivity index is 1.69. The van der Waals surface area contributed by atoms with Crippen LogP contribution in [0.4, 0.5) is 5.69 Å². The molecular formula is C25H25N5OS. The maximum atomic E-state index is 12.9. The third-order valence-corrected chi connectivity index (χ3v) is 6.22. The number of aromatic nitrogens is 4. The van der Waals surface area contributed by atoms with Crippen LogP contribution >= 0.6 is 11.8 Å². The first-order valence-corrected chi connectivity index (χ1v) is 11.3. The van der Waals surface area contributed by atoms with E-state index in [0.29, 0.717) is 11.0 Å². The van der Waals surface area contributed by atoms with E-state index >= 15 is 0 Å². The second-order valence-corrected chi connectivity index (χ2v) is 9.02. The molecule has 0 saturated carbocycles. The first kappa shape index (κ1) is 21.8. The van der Waals surface area contributed by atoms with Gasteiger partial charge in [-0.15, -0.1) is 10.2 Å². The number of amides is 1. The molecular weight excluding hydrogens is 418 g/mol. The number of rotatable bonds is 6. The number of anilines is 1. The van der Waals surface area contributed by atoms with Crippen LogP contribution in [-0.2, 0) is 4.79 Å². The summed E-state index contributed by atoms with van der Waals surface area (Å²) in [5.74, 6) is 0.561. The average molecular weight is 444 g/mol. The third-order valence-electron chi connectivity index (χ3n) is 5.17. The Morgan fingerprint density at radius 3 is 2.47 bits per heavy atom. The van der Waals surface area contributed by atoms with Crippen LogP contribution in [-0.4, -0.2) is 30.9 Å². The fourth-order valence-corrected chi connectivity index (χ4v) is 4.30. The van der Waals surface area contributed by atoms with Gasteiger partial charge in [-0.1, -0.05) is 53.7 Å². The van der Waals surface area contributed by atoms with Crippen LogP contribution in [0, 0.1) is 20.8 Å². The molecule has 7 heteroatoms. The SMILES string of the molecule is Cc1ccc(-n2c(SC(C)C(=O)Nc3ccccc3C)nnc2-c2ccccn2)c(C)c1. The van der Waals surface area contributed by atoms with Crippen LogP contribution in [0.25, 0.3) is 17.2 Å². The highest BCUT2D eigenvalue weighted by Crippen LogP contribution is 2.31. The minimum Gasteiger partial charge on any atom is -0.325 e. The van der Waals surface area contributed by atoms with Crippen molar-refractivity contribution in [1.82, 2.24) is 19.7 Å². The van der Waals surface area contributed by atoms with Crippen molar-refractivity contribution in [3.63, 3.8) is 0 Å². The van der Waals surface area contributed by atoms with Crippen molar-refractivity contribution in [3.05, 3.63) is 83.6 Å². The lowest BCUT2D eigenvalue weighted by Gasteiger charge is -2.16. The highest BCUT2D eigenvalue weighted by atomic mass is 32.2. The molecule has 4 aromatic rings. The van der Waals surface area contributed by atoms with Gasteiger partial charge >= 0.3 is 0 Å². The second-order valence-electron chi connectivity index (χ2n) is 7.71. The molecule has 2 aromatic carbocycles. The molecule has 6 nitrogen and oxygen atoms in total. The zero-order valence-electron chi connectivity index (χ0n) is 18.5. The van der Waals surface area contributed by atoms with Crippen molar-refractivity contribution in [2.75, 3.05) is 5.32 Å². The second kappa shape index (κ2) is 9.36. The van der Waals surface area contributed by atoms with Crippen LogP contribution in [0.5, 0.6) is 0 Å². The van der Waals surface area contributed by atoms with Crippen LogP contribution in [0.1, 0.15) is 23.6 Å². The molecule has 162 valence electrons. The van der Waals surface area contributed by atoms with Crippen molar-refractivity contribution < 1.29 is 4.79 Å². The van der Waals surface area contributed by atoms with E-state index in [-0.39, 0.29) is 11.2 Å².